The SMILES string of the molecule is Cc1cc2ccccc2nc1NCC1CCCCC1N. The van der Waals surface area contributed by atoms with Crippen LogP contribution in [0.15, 0.2) is 30.3 Å². The summed E-state index contributed by atoms with van der Waals surface area (Å²) >= 11 is 0. The van der Waals surface area contributed by atoms with Gasteiger partial charge in [-0.25, -0.2) is 4.98 Å². The number of nitrogens with two attached hydrogens (primary N) is 1. The highest BCUT2D eigenvalue weighted by Gasteiger charge is 2.21. The van der Waals surface area contributed by atoms with Crippen LogP contribution in [0.5, 0.6) is 0 Å². The van der Waals surface area contributed by atoms with Crippen molar-refractivity contribution in [1.29, 1.82) is 0 Å². The molecule has 0 amide bonds. The largest absolute Gasteiger partial charge is 0.369 e. The summed E-state index contributed by atoms with van der Waals surface area (Å²) in [5, 5.41) is 4.71. The number of nitrogens with zero attached hydrogens (tertiary/aromatic N) is 1. The number of pyridine rings is 1. The van der Waals surface area contributed by atoms with Gasteiger partial charge in [0.2, 0.25) is 0 Å². The Balaban J connectivity index is 1.75. The third-order valence-corrected chi connectivity index (χ3v) is 4.41. The van der Waals surface area contributed by atoms with Crippen molar-refractivity contribution in [2.45, 2.75) is 38.6 Å². The van der Waals surface area contributed by atoms with Crippen LogP contribution in [-0.4, -0.2) is 17.6 Å². The molecule has 1 saturated carbocycles. The predicted molar refractivity (Wildman–Crippen MR) is 84.9 cm³/mol. The van der Waals surface area contributed by atoms with Crippen LogP contribution in [0, 0.1) is 12.8 Å². The zero-order valence-electron chi connectivity index (χ0n) is 12.1. The van der Waals surface area contributed by atoms with Crippen LogP contribution in [0.2, 0.25) is 0 Å². The first-order chi connectivity index (χ1) is 9.74. The predicted octanol–water partition coefficient (Wildman–Crippen LogP) is 3.47. The maximum Gasteiger partial charge on any atom is 0.129 e. The van der Waals surface area contributed by atoms with E-state index in [1.54, 1.807) is 0 Å². The minimum atomic E-state index is 0.344. The average Bonchev–Trinajstić information content (AvgIpc) is 2.46. The Morgan fingerprint density at radius 1 is 1.25 bits per heavy atom. The highest BCUT2D eigenvalue weighted by molar-refractivity contribution is 5.81. The van der Waals surface area contributed by atoms with E-state index in [0.717, 1.165) is 24.3 Å². The number of para-hydroxylation sites is 1. The molecule has 3 nitrogen and oxygen atoms in total. The Bertz CT molecular complexity index is 594. The lowest BCUT2D eigenvalue weighted by Crippen LogP contribution is -2.37. The van der Waals surface area contributed by atoms with Crippen molar-refractivity contribution in [3.63, 3.8) is 0 Å². The van der Waals surface area contributed by atoms with Crippen LogP contribution in [0.25, 0.3) is 10.9 Å². The van der Waals surface area contributed by atoms with Gasteiger partial charge in [0, 0.05) is 18.0 Å². The van der Waals surface area contributed by atoms with E-state index in [9.17, 15) is 0 Å². The first-order valence-electron chi connectivity index (χ1n) is 7.60. The van der Waals surface area contributed by atoms with Crippen molar-refractivity contribution in [1.82, 2.24) is 4.98 Å². The minimum absolute atomic E-state index is 0.344. The van der Waals surface area contributed by atoms with Gasteiger partial charge in [0.1, 0.15) is 5.82 Å². The molecule has 2 atom stereocenters. The molecule has 1 aliphatic carbocycles. The number of rotatable bonds is 3. The van der Waals surface area contributed by atoms with E-state index in [-0.39, 0.29) is 0 Å². The highest BCUT2D eigenvalue weighted by Crippen LogP contribution is 2.24. The minimum Gasteiger partial charge on any atom is -0.369 e. The molecule has 0 spiro atoms. The molecule has 0 saturated heterocycles. The molecular formula is C17H23N3. The summed E-state index contributed by atoms with van der Waals surface area (Å²) in [7, 11) is 0. The second kappa shape index (κ2) is 5.80. The summed E-state index contributed by atoms with van der Waals surface area (Å²) in [4.78, 5) is 4.73. The number of nitrogens with one attached hydrogen (secondary N) is 1. The number of aryl methyl sites for hydroxylation is 1. The molecule has 1 fully saturated rings. The van der Waals surface area contributed by atoms with Gasteiger partial charge < -0.3 is 11.1 Å². The quantitative estimate of drug-likeness (QED) is 0.897. The molecule has 0 radical (unpaired) electrons. The van der Waals surface area contributed by atoms with E-state index < -0.39 is 0 Å². The number of fused-ring (bicyclic) bond motifs is 1. The molecule has 2 aromatic rings. The van der Waals surface area contributed by atoms with Crippen LogP contribution in [0.1, 0.15) is 31.2 Å². The molecule has 20 heavy (non-hydrogen) atoms. The topological polar surface area (TPSA) is 50.9 Å². The summed E-state index contributed by atoms with van der Waals surface area (Å²) in [6.45, 7) is 3.05. The molecule has 0 bridgehead atoms. The zero-order chi connectivity index (χ0) is 13.9. The van der Waals surface area contributed by atoms with Crippen LogP contribution >= 0.6 is 0 Å². The summed E-state index contributed by atoms with van der Waals surface area (Å²) in [5.74, 6) is 1.58. The molecular weight excluding hydrogens is 246 g/mol. The molecule has 0 aliphatic heterocycles. The number of anilines is 1. The van der Waals surface area contributed by atoms with E-state index >= 15 is 0 Å². The molecule has 1 heterocycles. The molecule has 3 heteroatoms. The van der Waals surface area contributed by atoms with Gasteiger partial charge in [0.05, 0.1) is 5.52 Å². The molecule has 2 unspecified atom stereocenters. The monoisotopic (exact) mass is 269 g/mol. The second-order valence-corrected chi connectivity index (χ2v) is 5.94. The highest BCUT2D eigenvalue weighted by atomic mass is 15.0. The van der Waals surface area contributed by atoms with Crippen molar-refractivity contribution in [3.8, 4) is 0 Å². The number of hydrogen-bond donors (Lipinski definition) is 2. The lowest BCUT2D eigenvalue weighted by Gasteiger charge is -2.29. The molecule has 3 N–H and O–H groups in total. The van der Waals surface area contributed by atoms with Gasteiger partial charge in [0.25, 0.3) is 0 Å². The maximum absolute atomic E-state index is 6.21. The Hall–Kier alpha value is -1.61. The summed E-state index contributed by atoms with van der Waals surface area (Å²) in [5.41, 5.74) is 8.46. The van der Waals surface area contributed by atoms with Crippen LogP contribution in [0.4, 0.5) is 5.82 Å². The standard InChI is InChI=1S/C17H23N3/c1-12-10-13-6-3-5-9-16(13)20-17(12)19-11-14-7-2-4-8-15(14)18/h3,5-6,9-10,14-15H,2,4,7-8,11,18H2,1H3,(H,19,20). The van der Waals surface area contributed by atoms with E-state index in [1.807, 2.05) is 6.07 Å². The molecule has 1 aliphatic rings. The lowest BCUT2D eigenvalue weighted by atomic mass is 9.85. The first kappa shape index (κ1) is 13.4. The Kier molecular flexibility index (Phi) is 3.88. The van der Waals surface area contributed by atoms with E-state index in [2.05, 4.69) is 36.5 Å². The van der Waals surface area contributed by atoms with Gasteiger partial charge in [-0.05, 0) is 43.4 Å². The third kappa shape index (κ3) is 2.78. The van der Waals surface area contributed by atoms with E-state index in [4.69, 9.17) is 10.7 Å². The molecule has 3 rings (SSSR count). The maximum atomic E-state index is 6.21. The summed E-state index contributed by atoms with van der Waals surface area (Å²) in [6.07, 6.45) is 4.99. The normalized spacial score (nSPS) is 22.9. The summed E-state index contributed by atoms with van der Waals surface area (Å²) < 4.78 is 0. The van der Waals surface area contributed by atoms with Gasteiger partial charge >= 0.3 is 0 Å². The number of benzene rings is 1. The number of hydrogen-bond acceptors (Lipinski definition) is 3. The van der Waals surface area contributed by atoms with Gasteiger partial charge in [0.15, 0.2) is 0 Å². The van der Waals surface area contributed by atoms with E-state index in [0.29, 0.717) is 12.0 Å². The second-order valence-electron chi connectivity index (χ2n) is 5.94. The molecule has 106 valence electrons. The van der Waals surface area contributed by atoms with Crippen LogP contribution in [-0.2, 0) is 0 Å². The van der Waals surface area contributed by atoms with Crippen molar-refractivity contribution >= 4 is 16.7 Å². The first-order valence-corrected chi connectivity index (χ1v) is 7.60. The van der Waals surface area contributed by atoms with Crippen molar-refractivity contribution in [3.05, 3.63) is 35.9 Å². The van der Waals surface area contributed by atoms with Crippen molar-refractivity contribution < 1.29 is 0 Å². The van der Waals surface area contributed by atoms with Crippen molar-refractivity contribution in [2.75, 3.05) is 11.9 Å². The fourth-order valence-corrected chi connectivity index (χ4v) is 3.12. The Morgan fingerprint density at radius 3 is 2.90 bits per heavy atom. The fraction of sp³-hybridized carbons (Fsp3) is 0.471. The fourth-order valence-electron chi connectivity index (χ4n) is 3.12. The Labute approximate surface area is 120 Å². The lowest BCUT2D eigenvalue weighted by molar-refractivity contribution is 0.321. The average molecular weight is 269 g/mol. The zero-order valence-corrected chi connectivity index (χ0v) is 12.1. The van der Waals surface area contributed by atoms with Crippen LogP contribution in [0.3, 0.4) is 0 Å². The van der Waals surface area contributed by atoms with Crippen LogP contribution < -0.4 is 11.1 Å². The molecule has 1 aromatic carbocycles. The Morgan fingerprint density at radius 2 is 2.05 bits per heavy atom. The molecule has 1 aromatic heterocycles. The smallest absolute Gasteiger partial charge is 0.129 e. The van der Waals surface area contributed by atoms with Gasteiger partial charge in [-0.2, -0.15) is 0 Å². The number of aromatic nitrogens is 1. The van der Waals surface area contributed by atoms with Crippen molar-refractivity contribution in [2.24, 2.45) is 11.7 Å². The summed E-state index contributed by atoms with van der Waals surface area (Å²) in [6, 6.07) is 10.8. The van der Waals surface area contributed by atoms with Gasteiger partial charge in [-0.1, -0.05) is 31.0 Å². The van der Waals surface area contributed by atoms with Gasteiger partial charge in [-0.15, -0.1) is 0 Å². The third-order valence-electron chi connectivity index (χ3n) is 4.41. The van der Waals surface area contributed by atoms with Gasteiger partial charge in [-0.3, -0.25) is 0 Å². The van der Waals surface area contributed by atoms with E-state index in [1.165, 1.54) is 30.2 Å².